The van der Waals surface area contributed by atoms with Crippen LogP contribution in [0.1, 0.15) is 20.3 Å². The number of sulfonamides is 1. The quantitative estimate of drug-likeness (QED) is 0.794. The predicted molar refractivity (Wildman–Crippen MR) is 77.7 cm³/mol. The third-order valence-corrected chi connectivity index (χ3v) is 5.74. The van der Waals surface area contributed by atoms with Gasteiger partial charge in [0.25, 0.3) is 0 Å². The van der Waals surface area contributed by atoms with Crippen LogP contribution in [0, 0.1) is 5.82 Å². The van der Waals surface area contributed by atoms with Crippen LogP contribution >= 0.6 is 23.2 Å². The first-order valence-corrected chi connectivity index (χ1v) is 8.19. The van der Waals surface area contributed by atoms with Gasteiger partial charge in [0, 0.05) is 6.04 Å². The normalized spacial score (nSPS) is 13.4. The minimum absolute atomic E-state index is 0.313. The highest BCUT2D eigenvalue weighted by molar-refractivity contribution is 7.89. The molecule has 0 spiro atoms. The number of rotatable bonds is 6. The number of hydrogen-bond acceptors (Lipinski definition) is 3. The van der Waals surface area contributed by atoms with Crippen LogP contribution in [-0.2, 0) is 14.8 Å². The van der Waals surface area contributed by atoms with E-state index in [-0.39, 0.29) is 5.02 Å². The Morgan fingerprint density at radius 2 is 2.00 bits per heavy atom. The molecule has 1 aromatic carbocycles. The lowest BCUT2D eigenvalue weighted by molar-refractivity contribution is -0.137. The zero-order valence-corrected chi connectivity index (χ0v) is 13.6. The molecule has 0 amide bonds. The van der Waals surface area contributed by atoms with Gasteiger partial charge in [-0.2, -0.15) is 4.31 Å². The molecule has 0 aliphatic rings. The van der Waals surface area contributed by atoms with Crippen molar-refractivity contribution in [3.8, 4) is 0 Å². The molecule has 1 unspecified atom stereocenters. The van der Waals surface area contributed by atoms with Crippen LogP contribution in [0.15, 0.2) is 17.0 Å². The maximum atomic E-state index is 13.7. The third-order valence-electron chi connectivity index (χ3n) is 2.96. The van der Waals surface area contributed by atoms with Crippen molar-refractivity contribution in [3.05, 3.63) is 28.0 Å². The third kappa shape index (κ3) is 3.85. The number of hydrogen-bond donors (Lipinski definition) is 1. The summed E-state index contributed by atoms with van der Waals surface area (Å²) in [6.45, 7) is 2.53. The van der Waals surface area contributed by atoms with E-state index in [1.165, 1.54) is 0 Å². The average molecular weight is 358 g/mol. The van der Waals surface area contributed by atoms with Crippen molar-refractivity contribution >= 4 is 39.2 Å². The number of benzene rings is 1. The van der Waals surface area contributed by atoms with E-state index in [4.69, 9.17) is 28.3 Å². The highest BCUT2D eigenvalue weighted by Crippen LogP contribution is 2.32. The highest BCUT2D eigenvalue weighted by Gasteiger charge is 2.33. The number of halogens is 3. The lowest BCUT2D eigenvalue weighted by Gasteiger charge is -2.26. The second-order valence-electron chi connectivity index (χ2n) is 4.37. The molecule has 118 valence electrons. The average Bonchev–Trinajstić information content (AvgIpc) is 2.40. The molecule has 0 aliphatic carbocycles. The van der Waals surface area contributed by atoms with E-state index >= 15 is 0 Å². The van der Waals surface area contributed by atoms with E-state index in [1.807, 2.05) is 0 Å². The van der Waals surface area contributed by atoms with Crippen molar-refractivity contribution in [2.24, 2.45) is 0 Å². The summed E-state index contributed by atoms with van der Waals surface area (Å²) in [6, 6.07) is 1.53. The minimum atomic E-state index is -4.26. The highest BCUT2D eigenvalue weighted by atomic mass is 35.5. The maximum absolute atomic E-state index is 13.7. The van der Waals surface area contributed by atoms with Gasteiger partial charge in [-0.05, 0) is 25.5 Å². The summed E-state index contributed by atoms with van der Waals surface area (Å²) in [5, 5.41) is 7.91. The van der Waals surface area contributed by atoms with Gasteiger partial charge in [-0.25, -0.2) is 12.8 Å². The molecule has 1 aromatic rings. The van der Waals surface area contributed by atoms with Crippen LogP contribution in [-0.4, -0.2) is 36.4 Å². The van der Waals surface area contributed by atoms with Crippen LogP contribution in [0.25, 0.3) is 0 Å². The van der Waals surface area contributed by atoms with Gasteiger partial charge in [-0.1, -0.05) is 30.1 Å². The van der Waals surface area contributed by atoms with E-state index in [0.717, 1.165) is 16.4 Å². The number of carbonyl (C=O) groups is 1. The zero-order chi connectivity index (χ0) is 16.4. The van der Waals surface area contributed by atoms with Crippen LogP contribution in [0.3, 0.4) is 0 Å². The molecule has 0 radical (unpaired) electrons. The van der Waals surface area contributed by atoms with Crippen molar-refractivity contribution in [2.45, 2.75) is 31.2 Å². The van der Waals surface area contributed by atoms with Gasteiger partial charge in [-0.3, -0.25) is 4.79 Å². The second kappa shape index (κ2) is 6.91. The van der Waals surface area contributed by atoms with E-state index in [2.05, 4.69) is 0 Å². The van der Waals surface area contributed by atoms with Gasteiger partial charge >= 0.3 is 5.97 Å². The number of carboxylic acids is 1. The standard InChI is InChI=1S/C12H14Cl2FNO4S/c1-3-7(2)16(6-10(17)18)21(19,20)9-5-4-8(13)12(15)11(9)14/h4-5,7H,3,6H2,1-2H3,(H,17,18). The molecule has 0 saturated heterocycles. The fourth-order valence-electron chi connectivity index (χ4n) is 1.65. The van der Waals surface area contributed by atoms with E-state index in [1.54, 1.807) is 13.8 Å². The Balaban J connectivity index is 3.42. The lowest BCUT2D eigenvalue weighted by atomic mass is 10.2. The largest absolute Gasteiger partial charge is 0.480 e. The molecule has 1 rings (SSSR count). The van der Waals surface area contributed by atoms with E-state index < -0.39 is 44.3 Å². The number of carboxylic acid groups (broad SMARTS) is 1. The minimum Gasteiger partial charge on any atom is -0.480 e. The van der Waals surface area contributed by atoms with Gasteiger partial charge < -0.3 is 5.11 Å². The van der Waals surface area contributed by atoms with Gasteiger partial charge in [-0.15, -0.1) is 0 Å². The molecule has 0 aromatic heterocycles. The molecule has 0 bridgehead atoms. The van der Waals surface area contributed by atoms with Crippen molar-refractivity contribution in [1.29, 1.82) is 0 Å². The Morgan fingerprint density at radius 3 is 2.48 bits per heavy atom. The first-order chi connectivity index (χ1) is 9.62. The van der Waals surface area contributed by atoms with Crippen molar-refractivity contribution in [2.75, 3.05) is 6.54 Å². The molecular formula is C12H14Cl2FNO4S. The Morgan fingerprint density at radius 1 is 1.43 bits per heavy atom. The predicted octanol–water partition coefficient (Wildman–Crippen LogP) is 3.01. The van der Waals surface area contributed by atoms with Crippen LogP contribution in [0.4, 0.5) is 4.39 Å². The Hall–Kier alpha value is -0.890. The summed E-state index contributed by atoms with van der Waals surface area (Å²) in [7, 11) is -4.26. The smallest absolute Gasteiger partial charge is 0.318 e. The molecule has 21 heavy (non-hydrogen) atoms. The SMILES string of the molecule is CCC(C)N(CC(=O)O)S(=O)(=O)c1ccc(Cl)c(F)c1Cl. The second-order valence-corrected chi connectivity index (χ2v) is 7.02. The zero-order valence-electron chi connectivity index (χ0n) is 11.3. The number of nitrogens with zero attached hydrogens (tertiary/aromatic N) is 1. The number of aliphatic carboxylic acids is 1. The van der Waals surface area contributed by atoms with Gasteiger partial charge in [0.1, 0.15) is 11.4 Å². The summed E-state index contributed by atoms with van der Waals surface area (Å²) in [4.78, 5) is 10.4. The van der Waals surface area contributed by atoms with Crippen molar-refractivity contribution in [1.82, 2.24) is 4.31 Å². The molecule has 1 N–H and O–H groups in total. The van der Waals surface area contributed by atoms with Gasteiger partial charge in [0.15, 0.2) is 5.82 Å². The van der Waals surface area contributed by atoms with E-state index in [9.17, 15) is 17.6 Å². The van der Waals surface area contributed by atoms with Crippen LogP contribution in [0.5, 0.6) is 0 Å². The van der Waals surface area contributed by atoms with Gasteiger partial charge in [0.05, 0.1) is 10.0 Å². The Kier molecular flexibility index (Phi) is 5.98. The molecule has 0 saturated carbocycles. The lowest BCUT2D eigenvalue weighted by Crippen LogP contribution is -2.41. The van der Waals surface area contributed by atoms with E-state index in [0.29, 0.717) is 6.42 Å². The fraction of sp³-hybridized carbons (Fsp3) is 0.417. The molecule has 5 nitrogen and oxygen atoms in total. The summed E-state index contributed by atoms with van der Waals surface area (Å²) >= 11 is 11.2. The molecule has 0 fully saturated rings. The summed E-state index contributed by atoms with van der Waals surface area (Å²) in [5.74, 6) is -2.37. The Labute approximate surface area is 132 Å². The maximum Gasteiger partial charge on any atom is 0.318 e. The van der Waals surface area contributed by atoms with Gasteiger partial charge in [0.2, 0.25) is 10.0 Å². The monoisotopic (exact) mass is 357 g/mol. The first-order valence-electron chi connectivity index (χ1n) is 6.00. The van der Waals surface area contributed by atoms with Crippen molar-refractivity contribution in [3.63, 3.8) is 0 Å². The molecule has 0 heterocycles. The van der Waals surface area contributed by atoms with Crippen LogP contribution < -0.4 is 0 Å². The summed E-state index contributed by atoms with van der Waals surface area (Å²) < 4.78 is 39.5. The fourth-order valence-corrected chi connectivity index (χ4v) is 4.02. The molecular weight excluding hydrogens is 344 g/mol. The van der Waals surface area contributed by atoms with Crippen molar-refractivity contribution < 1.29 is 22.7 Å². The summed E-state index contributed by atoms with van der Waals surface area (Å²) in [5.41, 5.74) is 0. The topological polar surface area (TPSA) is 74.7 Å². The first kappa shape index (κ1) is 18.2. The molecule has 1 atom stereocenters. The molecule has 9 heteroatoms. The Bertz CT molecular complexity index is 651. The summed E-state index contributed by atoms with van der Waals surface area (Å²) in [6.07, 6.45) is 0.389. The molecule has 0 aliphatic heterocycles. The van der Waals surface area contributed by atoms with Crippen LogP contribution in [0.2, 0.25) is 10.0 Å².